The molecular formula is C24H26N6O. The van der Waals surface area contributed by atoms with E-state index in [0.717, 1.165) is 55.4 Å². The van der Waals surface area contributed by atoms with E-state index in [4.69, 9.17) is 4.74 Å². The van der Waals surface area contributed by atoms with Gasteiger partial charge in [-0.15, -0.1) is 15.3 Å². The summed E-state index contributed by atoms with van der Waals surface area (Å²) >= 11 is 0. The van der Waals surface area contributed by atoms with Crippen LogP contribution in [0.4, 0.5) is 0 Å². The summed E-state index contributed by atoms with van der Waals surface area (Å²) in [5.74, 6) is 2.02. The maximum atomic E-state index is 6.25. The van der Waals surface area contributed by atoms with Crippen molar-refractivity contribution < 1.29 is 4.74 Å². The SMILES string of the molecule is Cc1nnc2ccc(Oc3ccc(CN4CCN(C)CC4)cc3-c3ccccc3)nn12. The van der Waals surface area contributed by atoms with Gasteiger partial charge in [0.15, 0.2) is 11.5 Å². The van der Waals surface area contributed by atoms with Crippen molar-refractivity contribution in [1.29, 1.82) is 0 Å². The molecule has 1 fully saturated rings. The van der Waals surface area contributed by atoms with Crippen LogP contribution in [0.1, 0.15) is 11.4 Å². The third kappa shape index (κ3) is 4.28. The van der Waals surface area contributed by atoms with Crippen LogP contribution in [0.2, 0.25) is 0 Å². The summed E-state index contributed by atoms with van der Waals surface area (Å²) in [5.41, 5.74) is 4.18. The molecule has 2 aromatic carbocycles. The first-order valence-corrected chi connectivity index (χ1v) is 10.6. The van der Waals surface area contributed by atoms with E-state index < -0.39 is 0 Å². The molecule has 31 heavy (non-hydrogen) atoms. The lowest BCUT2D eigenvalue weighted by atomic mass is 10.0. The molecule has 1 saturated heterocycles. The number of nitrogens with zero attached hydrogens (tertiary/aromatic N) is 6. The van der Waals surface area contributed by atoms with Crippen LogP contribution in [0.5, 0.6) is 11.6 Å². The fraction of sp³-hybridized carbons (Fsp3) is 0.292. The Balaban J connectivity index is 1.46. The number of piperazine rings is 1. The van der Waals surface area contributed by atoms with Crippen molar-refractivity contribution in [3.05, 3.63) is 72.1 Å². The first-order chi connectivity index (χ1) is 15.2. The van der Waals surface area contributed by atoms with Crippen LogP contribution in [0.25, 0.3) is 16.8 Å². The average molecular weight is 415 g/mol. The molecule has 0 aliphatic carbocycles. The topological polar surface area (TPSA) is 58.8 Å². The van der Waals surface area contributed by atoms with Crippen LogP contribution < -0.4 is 4.74 Å². The van der Waals surface area contributed by atoms with E-state index in [9.17, 15) is 0 Å². The van der Waals surface area contributed by atoms with Gasteiger partial charge in [0.2, 0.25) is 5.88 Å². The number of likely N-dealkylation sites (N-methyl/N-ethyl adjacent to an activating group) is 1. The highest BCUT2D eigenvalue weighted by atomic mass is 16.5. The van der Waals surface area contributed by atoms with Gasteiger partial charge in [0.05, 0.1) is 0 Å². The fourth-order valence-electron chi connectivity index (χ4n) is 3.92. The summed E-state index contributed by atoms with van der Waals surface area (Å²) in [6, 6.07) is 20.5. The molecule has 7 heteroatoms. The molecule has 158 valence electrons. The number of rotatable bonds is 5. The molecule has 5 rings (SSSR count). The van der Waals surface area contributed by atoms with Crippen molar-refractivity contribution in [3.63, 3.8) is 0 Å². The highest BCUT2D eigenvalue weighted by Gasteiger charge is 2.16. The second-order valence-electron chi connectivity index (χ2n) is 8.07. The molecule has 0 unspecified atom stereocenters. The van der Waals surface area contributed by atoms with Gasteiger partial charge in [-0.1, -0.05) is 36.4 Å². The Morgan fingerprint density at radius 2 is 1.71 bits per heavy atom. The second-order valence-corrected chi connectivity index (χ2v) is 8.07. The van der Waals surface area contributed by atoms with Gasteiger partial charge in [-0.2, -0.15) is 4.52 Å². The van der Waals surface area contributed by atoms with Gasteiger partial charge in [0, 0.05) is 44.4 Å². The molecule has 0 saturated carbocycles. The molecule has 0 spiro atoms. The van der Waals surface area contributed by atoms with E-state index in [2.05, 4.69) is 74.6 Å². The molecule has 2 aromatic heterocycles. The Morgan fingerprint density at radius 1 is 0.903 bits per heavy atom. The van der Waals surface area contributed by atoms with E-state index >= 15 is 0 Å². The van der Waals surface area contributed by atoms with E-state index in [1.54, 1.807) is 4.52 Å². The molecule has 0 N–H and O–H groups in total. The molecule has 4 aromatic rings. The van der Waals surface area contributed by atoms with Crippen molar-refractivity contribution in [1.82, 2.24) is 29.6 Å². The number of benzene rings is 2. The number of ether oxygens (including phenoxy) is 1. The van der Waals surface area contributed by atoms with E-state index in [-0.39, 0.29) is 0 Å². The summed E-state index contributed by atoms with van der Waals surface area (Å²) in [6.07, 6.45) is 0. The van der Waals surface area contributed by atoms with Gasteiger partial charge in [0.25, 0.3) is 0 Å². The highest BCUT2D eigenvalue weighted by Crippen LogP contribution is 2.34. The smallest absolute Gasteiger partial charge is 0.237 e. The molecule has 0 radical (unpaired) electrons. The first kappa shape index (κ1) is 19.7. The Bertz CT molecular complexity index is 1180. The molecule has 0 amide bonds. The minimum Gasteiger partial charge on any atom is -0.437 e. The summed E-state index contributed by atoms with van der Waals surface area (Å²) < 4.78 is 7.94. The quantitative estimate of drug-likeness (QED) is 0.497. The van der Waals surface area contributed by atoms with E-state index in [1.165, 1.54) is 5.56 Å². The van der Waals surface area contributed by atoms with E-state index in [1.807, 2.05) is 25.1 Å². The van der Waals surface area contributed by atoms with Gasteiger partial charge in [-0.3, -0.25) is 4.90 Å². The minimum atomic E-state index is 0.513. The van der Waals surface area contributed by atoms with Gasteiger partial charge >= 0.3 is 0 Å². The minimum absolute atomic E-state index is 0.513. The summed E-state index contributed by atoms with van der Waals surface area (Å²) in [4.78, 5) is 4.89. The number of aryl methyl sites for hydroxylation is 1. The Labute approximate surface area is 181 Å². The van der Waals surface area contributed by atoms with E-state index in [0.29, 0.717) is 11.5 Å². The Morgan fingerprint density at radius 3 is 2.52 bits per heavy atom. The standard InChI is InChI=1S/C24H26N6O/c1-18-25-26-23-10-11-24(27-30(18)23)31-22-9-8-19(17-29-14-12-28(2)13-15-29)16-21(22)20-6-4-3-5-7-20/h3-11,16H,12-15,17H2,1-2H3. The largest absolute Gasteiger partial charge is 0.437 e. The van der Waals surface area contributed by atoms with Crippen molar-refractivity contribution in [2.75, 3.05) is 33.2 Å². The average Bonchev–Trinajstić information content (AvgIpc) is 3.17. The maximum absolute atomic E-state index is 6.25. The van der Waals surface area contributed by atoms with Gasteiger partial charge in [-0.05, 0) is 43.3 Å². The van der Waals surface area contributed by atoms with Crippen LogP contribution in [0.15, 0.2) is 60.7 Å². The monoisotopic (exact) mass is 414 g/mol. The lowest BCUT2D eigenvalue weighted by molar-refractivity contribution is 0.148. The molecular weight excluding hydrogens is 388 g/mol. The van der Waals surface area contributed by atoms with Crippen LogP contribution in [0, 0.1) is 6.92 Å². The van der Waals surface area contributed by atoms with Crippen molar-refractivity contribution in [2.45, 2.75) is 13.5 Å². The van der Waals surface area contributed by atoms with Crippen molar-refractivity contribution >= 4 is 5.65 Å². The Kier molecular flexibility index (Phi) is 5.36. The van der Waals surface area contributed by atoms with Gasteiger partial charge < -0.3 is 9.64 Å². The van der Waals surface area contributed by atoms with Gasteiger partial charge in [0.1, 0.15) is 5.75 Å². The number of fused-ring (bicyclic) bond motifs is 1. The third-order valence-electron chi connectivity index (χ3n) is 5.74. The fourth-order valence-corrected chi connectivity index (χ4v) is 3.92. The lowest BCUT2D eigenvalue weighted by Crippen LogP contribution is -2.43. The zero-order valence-electron chi connectivity index (χ0n) is 17.9. The predicted molar refractivity (Wildman–Crippen MR) is 120 cm³/mol. The van der Waals surface area contributed by atoms with Crippen molar-refractivity contribution in [3.8, 4) is 22.8 Å². The summed E-state index contributed by atoms with van der Waals surface area (Å²) in [6.45, 7) is 7.24. The number of hydrogen-bond donors (Lipinski definition) is 0. The first-order valence-electron chi connectivity index (χ1n) is 10.6. The number of aromatic nitrogens is 4. The molecule has 1 aliphatic heterocycles. The third-order valence-corrected chi connectivity index (χ3v) is 5.74. The molecule has 3 heterocycles. The normalized spacial score (nSPS) is 15.4. The number of hydrogen-bond acceptors (Lipinski definition) is 6. The summed E-state index contributed by atoms with van der Waals surface area (Å²) in [5, 5.41) is 12.7. The zero-order chi connectivity index (χ0) is 21.2. The van der Waals surface area contributed by atoms with Crippen LogP contribution >= 0.6 is 0 Å². The zero-order valence-corrected chi connectivity index (χ0v) is 17.9. The van der Waals surface area contributed by atoms with Crippen molar-refractivity contribution in [2.24, 2.45) is 0 Å². The van der Waals surface area contributed by atoms with Crippen LogP contribution in [0.3, 0.4) is 0 Å². The van der Waals surface area contributed by atoms with Gasteiger partial charge in [-0.25, -0.2) is 0 Å². The highest BCUT2D eigenvalue weighted by molar-refractivity contribution is 5.71. The maximum Gasteiger partial charge on any atom is 0.237 e. The van der Waals surface area contributed by atoms with Crippen LogP contribution in [-0.4, -0.2) is 62.8 Å². The van der Waals surface area contributed by atoms with Crippen LogP contribution in [-0.2, 0) is 6.54 Å². The molecule has 1 aliphatic rings. The second kappa shape index (κ2) is 8.45. The molecule has 7 nitrogen and oxygen atoms in total. The molecule has 0 bridgehead atoms. The lowest BCUT2D eigenvalue weighted by Gasteiger charge is -2.32. The predicted octanol–water partition coefficient (Wildman–Crippen LogP) is 3.64. The summed E-state index contributed by atoms with van der Waals surface area (Å²) in [7, 11) is 2.18. The molecule has 0 atom stereocenters. The Hall–Kier alpha value is -3.29.